The van der Waals surface area contributed by atoms with Crippen molar-refractivity contribution in [2.75, 3.05) is 12.3 Å². The van der Waals surface area contributed by atoms with Gasteiger partial charge in [0, 0.05) is 6.54 Å². The number of ketones is 1. The molecule has 1 atom stereocenters. The zero-order chi connectivity index (χ0) is 8.98. The van der Waals surface area contributed by atoms with Crippen LogP contribution in [0.15, 0.2) is 0 Å². The van der Waals surface area contributed by atoms with Gasteiger partial charge in [-0.2, -0.15) is 4.31 Å². The Morgan fingerprint density at radius 3 is 2.75 bits per heavy atom. The molecule has 0 unspecified atom stereocenters. The van der Waals surface area contributed by atoms with Gasteiger partial charge in [0.25, 0.3) is 0 Å². The van der Waals surface area contributed by atoms with E-state index in [1.807, 2.05) is 0 Å². The van der Waals surface area contributed by atoms with E-state index in [1.54, 1.807) is 6.92 Å². The number of carbonyl (C=O) groups excluding carboxylic acids is 1. The van der Waals surface area contributed by atoms with E-state index in [9.17, 15) is 13.2 Å². The van der Waals surface area contributed by atoms with E-state index in [2.05, 4.69) is 0 Å². The summed E-state index contributed by atoms with van der Waals surface area (Å²) in [6, 6.07) is 0. The average molecular weight is 189 g/mol. The maximum Gasteiger partial charge on any atom is 0.222 e. The minimum Gasteiger partial charge on any atom is -0.296 e. The number of carbonyl (C=O) groups is 1. The van der Waals surface area contributed by atoms with Crippen LogP contribution in [0.25, 0.3) is 0 Å². The number of nitrogens with zero attached hydrogens (tertiary/aromatic N) is 1. The Morgan fingerprint density at radius 2 is 2.17 bits per heavy atom. The number of Topliss-reactive ketones (excluding diaryl/α,β-unsaturated/α-hetero) is 1. The highest BCUT2D eigenvalue weighted by molar-refractivity contribution is 7.90. The maximum atomic E-state index is 11.4. The molecule has 0 aliphatic carbocycles. The molecular formula is C7H11NO3S. The molecule has 2 aliphatic heterocycles. The van der Waals surface area contributed by atoms with Crippen LogP contribution in [0, 0.1) is 0 Å². The van der Waals surface area contributed by atoms with Crippen LogP contribution in [-0.2, 0) is 14.8 Å². The lowest BCUT2D eigenvalue weighted by molar-refractivity contribution is -0.122. The number of hydrogen-bond acceptors (Lipinski definition) is 3. The molecule has 0 saturated carbocycles. The smallest absolute Gasteiger partial charge is 0.222 e. The van der Waals surface area contributed by atoms with Gasteiger partial charge in [-0.05, 0) is 19.8 Å². The fourth-order valence-electron chi connectivity index (χ4n) is 2.06. The van der Waals surface area contributed by atoms with Gasteiger partial charge in [0.05, 0.1) is 5.54 Å². The van der Waals surface area contributed by atoms with Gasteiger partial charge >= 0.3 is 0 Å². The van der Waals surface area contributed by atoms with Crippen molar-refractivity contribution in [1.82, 2.24) is 4.31 Å². The first-order valence-electron chi connectivity index (χ1n) is 4.01. The highest BCUT2D eigenvalue weighted by Gasteiger charge is 2.55. The third-order valence-electron chi connectivity index (χ3n) is 2.83. The first-order chi connectivity index (χ1) is 5.47. The van der Waals surface area contributed by atoms with Gasteiger partial charge in [0.1, 0.15) is 5.75 Å². The van der Waals surface area contributed by atoms with E-state index in [0.29, 0.717) is 13.0 Å². The van der Waals surface area contributed by atoms with Gasteiger partial charge in [-0.25, -0.2) is 8.42 Å². The molecular weight excluding hydrogens is 178 g/mol. The first kappa shape index (κ1) is 8.19. The van der Waals surface area contributed by atoms with Crippen molar-refractivity contribution in [1.29, 1.82) is 0 Å². The molecule has 0 bridgehead atoms. The number of hydrogen-bond donors (Lipinski definition) is 0. The molecule has 2 aliphatic rings. The lowest BCUT2D eigenvalue weighted by atomic mass is 9.96. The second-order valence-corrected chi connectivity index (χ2v) is 5.52. The summed E-state index contributed by atoms with van der Waals surface area (Å²) in [7, 11) is -3.25. The van der Waals surface area contributed by atoms with E-state index in [4.69, 9.17) is 0 Å². The van der Waals surface area contributed by atoms with Crippen LogP contribution in [0.5, 0.6) is 0 Å². The number of fused-ring (bicyclic) bond motifs is 1. The maximum absolute atomic E-state index is 11.4. The Morgan fingerprint density at radius 1 is 1.50 bits per heavy atom. The van der Waals surface area contributed by atoms with Crippen molar-refractivity contribution in [2.45, 2.75) is 25.3 Å². The zero-order valence-electron chi connectivity index (χ0n) is 6.91. The largest absolute Gasteiger partial charge is 0.296 e. The molecule has 0 spiro atoms. The van der Waals surface area contributed by atoms with Crippen molar-refractivity contribution in [3.63, 3.8) is 0 Å². The minimum absolute atomic E-state index is 0.139. The summed E-state index contributed by atoms with van der Waals surface area (Å²) in [5.41, 5.74) is -0.696. The summed E-state index contributed by atoms with van der Waals surface area (Å²) >= 11 is 0. The molecule has 0 aromatic heterocycles. The van der Waals surface area contributed by atoms with Gasteiger partial charge in [-0.3, -0.25) is 4.79 Å². The molecule has 2 rings (SSSR count). The predicted octanol–water partition coefficient (Wildman–Crippen LogP) is -0.247. The van der Waals surface area contributed by atoms with E-state index < -0.39 is 15.6 Å². The molecule has 5 heteroatoms. The molecule has 0 aromatic carbocycles. The van der Waals surface area contributed by atoms with Gasteiger partial charge in [-0.1, -0.05) is 0 Å². The van der Waals surface area contributed by atoms with Crippen molar-refractivity contribution in [2.24, 2.45) is 0 Å². The van der Waals surface area contributed by atoms with Crippen molar-refractivity contribution in [3.8, 4) is 0 Å². The Bertz CT molecular complexity index is 335. The topological polar surface area (TPSA) is 54.5 Å². The molecule has 0 radical (unpaired) electrons. The molecule has 2 fully saturated rings. The Labute approximate surface area is 71.6 Å². The van der Waals surface area contributed by atoms with E-state index in [0.717, 1.165) is 6.42 Å². The molecule has 68 valence electrons. The van der Waals surface area contributed by atoms with Gasteiger partial charge < -0.3 is 0 Å². The summed E-state index contributed by atoms with van der Waals surface area (Å²) < 4.78 is 24.1. The van der Waals surface area contributed by atoms with Gasteiger partial charge in [0.15, 0.2) is 5.78 Å². The van der Waals surface area contributed by atoms with Crippen molar-refractivity contribution in [3.05, 3.63) is 0 Å². The van der Waals surface area contributed by atoms with Crippen molar-refractivity contribution < 1.29 is 13.2 Å². The van der Waals surface area contributed by atoms with E-state index >= 15 is 0 Å². The fourth-order valence-corrected chi connectivity index (χ4v) is 4.07. The first-order valence-corrected chi connectivity index (χ1v) is 5.61. The van der Waals surface area contributed by atoms with Gasteiger partial charge in [0.2, 0.25) is 10.0 Å². The second kappa shape index (κ2) is 2.09. The summed E-state index contributed by atoms with van der Waals surface area (Å²) in [5.74, 6) is -0.427. The van der Waals surface area contributed by atoms with Gasteiger partial charge in [-0.15, -0.1) is 0 Å². The van der Waals surface area contributed by atoms with E-state index in [-0.39, 0.29) is 11.5 Å². The zero-order valence-corrected chi connectivity index (χ0v) is 7.73. The Hall–Kier alpha value is -0.420. The monoisotopic (exact) mass is 189 g/mol. The predicted molar refractivity (Wildman–Crippen MR) is 43.1 cm³/mol. The highest BCUT2D eigenvalue weighted by Crippen LogP contribution is 2.37. The number of sulfonamides is 1. The van der Waals surface area contributed by atoms with Crippen LogP contribution in [0.3, 0.4) is 0 Å². The van der Waals surface area contributed by atoms with E-state index in [1.165, 1.54) is 4.31 Å². The summed E-state index contributed by atoms with van der Waals surface area (Å²) in [4.78, 5) is 11.4. The normalized spacial score (nSPS) is 40.2. The summed E-state index contributed by atoms with van der Waals surface area (Å²) in [6.45, 7) is 2.25. The summed E-state index contributed by atoms with van der Waals surface area (Å²) in [6.07, 6.45) is 1.49. The Kier molecular flexibility index (Phi) is 1.42. The van der Waals surface area contributed by atoms with Crippen LogP contribution >= 0.6 is 0 Å². The van der Waals surface area contributed by atoms with Crippen LogP contribution in [0.2, 0.25) is 0 Å². The van der Waals surface area contributed by atoms with Crippen molar-refractivity contribution >= 4 is 15.8 Å². The fraction of sp³-hybridized carbons (Fsp3) is 0.857. The third kappa shape index (κ3) is 0.806. The lowest BCUT2D eigenvalue weighted by Gasteiger charge is -2.22. The number of rotatable bonds is 0. The summed E-state index contributed by atoms with van der Waals surface area (Å²) in [5, 5.41) is 0. The van der Waals surface area contributed by atoms with Crippen LogP contribution in [0.4, 0.5) is 0 Å². The quantitative estimate of drug-likeness (QED) is 0.528. The van der Waals surface area contributed by atoms with Crippen LogP contribution < -0.4 is 0 Å². The lowest BCUT2D eigenvalue weighted by Crippen LogP contribution is -2.41. The molecule has 0 amide bonds. The molecule has 12 heavy (non-hydrogen) atoms. The minimum atomic E-state index is -3.25. The molecule has 2 heterocycles. The molecule has 2 saturated heterocycles. The molecule has 4 nitrogen and oxygen atoms in total. The third-order valence-corrected chi connectivity index (χ3v) is 4.71. The molecule has 0 aromatic rings. The average Bonchev–Trinajstić information content (AvgIpc) is 2.37. The SMILES string of the molecule is C[C@@]12CCCN1S(=O)(=O)CC2=O. The highest BCUT2D eigenvalue weighted by atomic mass is 32.2. The van der Waals surface area contributed by atoms with Crippen LogP contribution in [0.1, 0.15) is 19.8 Å². The standard InChI is InChI=1S/C7H11NO3S/c1-7-3-2-4-8(7)12(10,11)5-6(7)9/h2-5H2,1H3/t7-/m0/s1. The Balaban J connectivity index is 2.53. The van der Waals surface area contributed by atoms with Crippen LogP contribution in [-0.4, -0.2) is 36.3 Å². The second-order valence-electron chi connectivity index (χ2n) is 3.63. The molecule has 0 N–H and O–H groups in total.